The lowest BCUT2D eigenvalue weighted by Gasteiger charge is -2.19. The minimum atomic E-state index is -1.43. The van der Waals surface area contributed by atoms with E-state index in [9.17, 15) is 24.9 Å². The second kappa shape index (κ2) is 8.80. The number of aromatic amines is 1. The van der Waals surface area contributed by atoms with Gasteiger partial charge in [0.1, 0.15) is 18.3 Å². The number of rotatable bonds is 7. The third kappa shape index (κ3) is 4.08. The molecule has 1 saturated heterocycles. The van der Waals surface area contributed by atoms with Crippen LogP contribution < -0.4 is 11.2 Å². The molecule has 3 rings (SSSR count). The molecular weight excluding hydrogens is 368 g/mol. The van der Waals surface area contributed by atoms with Crippen molar-refractivity contribution in [3.8, 4) is 0 Å². The molecule has 0 aliphatic carbocycles. The molecular formula is C19H24N2O7. The van der Waals surface area contributed by atoms with Crippen molar-refractivity contribution in [1.82, 2.24) is 9.55 Å². The highest BCUT2D eigenvalue weighted by Crippen LogP contribution is 2.28. The van der Waals surface area contributed by atoms with Gasteiger partial charge in [-0.15, -0.1) is 0 Å². The Bertz CT molecular complexity index is 895. The number of H-pyrrole nitrogens is 1. The van der Waals surface area contributed by atoms with Crippen molar-refractivity contribution < 1.29 is 24.8 Å². The third-order valence-electron chi connectivity index (χ3n) is 4.82. The number of aliphatic hydroxyl groups excluding tert-OH is 3. The summed E-state index contributed by atoms with van der Waals surface area (Å²) in [5, 5.41) is 29.2. The first-order valence-electron chi connectivity index (χ1n) is 9.09. The molecule has 5 atom stereocenters. The summed E-state index contributed by atoms with van der Waals surface area (Å²) in [6.45, 7) is 1.39. The van der Waals surface area contributed by atoms with Crippen molar-refractivity contribution in [3.05, 3.63) is 68.5 Å². The zero-order valence-corrected chi connectivity index (χ0v) is 15.4. The number of ether oxygens (including phenoxy) is 2. The maximum absolute atomic E-state index is 12.2. The predicted molar refractivity (Wildman–Crippen MR) is 98.6 cm³/mol. The van der Waals surface area contributed by atoms with E-state index in [0.29, 0.717) is 6.42 Å². The summed E-state index contributed by atoms with van der Waals surface area (Å²) in [6.07, 6.45) is -3.32. The molecule has 9 heteroatoms. The van der Waals surface area contributed by atoms with E-state index in [0.717, 1.165) is 10.1 Å². The maximum atomic E-state index is 12.2. The average Bonchev–Trinajstić information content (AvgIpc) is 2.99. The number of nitrogens with zero attached hydrogens (tertiary/aromatic N) is 1. The SMILES string of the molecule is CCC(OCc1cn([C@H]2O[C@H](CO)[C@@H](O)[C@H]2O)c(=O)[nH]c1=O)c1ccccc1. The minimum Gasteiger partial charge on any atom is -0.394 e. The van der Waals surface area contributed by atoms with E-state index in [4.69, 9.17) is 9.47 Å². The molecule has 1 aliphatic rings. The molecule has 1 aliphatic heterocycles. The molecule has 2 heterocycles. The van der Waals surface area contributed by atoms with Crippen LogP contribution in [-0.4, -0.2) is 49.8 Å². The van der Waals surface area contributed by atoms with E-state index in [2.05, 4.69) is 4.98 Å². The molecule has 2 aromatic rings. The van der Waals surface area contributed by atoms with E-state index in [1.807, 2.05) is 37.3 Å². The molecule has 0 amide bonds. The van der Waals surface area contributed by atoms with E-state index >= 15 is 0 Å². The summed E-state index contributed by atoms with van der Waals surface area (Å²) in [5.74, 6) is 0. The first kappa shape index (κ1) is 20.4. The summed E-state index contributed by atoms with van der Waals surface area (Å²) in [5.41, 5.74) is -0.250. The Balaban J connectivity index is 1.82. The fourth-order valence-corrected chi connectivity index (χ4v) is 3.24. The van der Waals surface area contributed by atoms with Crippen molar-refractivity contribution in [3.63, 3.8) is 0 Å². The van der Waals surface area contributed by atoms with Crippen molar-refractivity contribution in [2.45, 2.75) is 50.6 Å². The Kier molecular flexibility index (Phi) is 6.42. The lowest BCUT2D eigenvalue weighted by atomic mass is 10.1. The fraction of sp³-hybridized carbons (Fsp3) is 0.474. The Labute approximate surface area is 160 Å². The predicted octanol–water partition coefficient (Wildman–Crippen LogP) is -0.184. The zero-order chi connectivity index (χ0) is 20.3. The maximum Gasteiger partial charge on any atom is 0.330 e. The summed E-state index contributed by atoms with van der Waals surface area (Å²) in [6, 6.07) is 9.56. The van der Waals surface area contributed by atoms with Crippen LogP contribution in [0.25, 0.3) is 0 Å². The van der Waals surface area contributed by atoms with Gasteiger partial charge >= 0.3 is 5.69 Å². The van der Waals surface area contributed by atoms with Gasteiger partial charge in [-0.3, -0.25) is 14.3 Å². The molecule has 1 fully saturated rings. The van der Waals surface area contributed by atoms with Crippen LogP contribution >= 0.6 is 0 Å². The normalized spacial score (nSPS) is 25.7. The van der Waals surface area contributed by atoms with Crippen LogP contribution in [0.3, 0.4) is 0 Å². The summed E-state index contributed by atoms with van der Waals surface area (Å²) in [7, 11) is 0. The van der Waals surface area contributed by atoms with Crippen LogP contribution in [0.15, 0.2) is 46.1 Å². The third-order valence-corrected chi connectivity index (χ3v) is 4.82. The first-order valence-corrected chi connectivity index (χ1v) is 9.09. The van der Waals surface area contributed by atoms with E-state index in [-0.39, 0.29) is 18.3 Å². The van der Waals surface area contributed by atoms with E-state index < -0.39 is 42.4 Å². The number of aliphatic hydroxyl groups is 3. The minimum absolute atomic E-state index is 0.0577. The topological polar surface area (TPSA) is 134 Å². The summed E-state index contributed by atoms with van der Waals surface area (Å²) < 4.78 is 12.2. The molecule has 0 radical (unpaired) electrons. The molecule has 1 aromatic heterocycles. The number of aromatic nitrogens is 2. The smallest absolute Gasteiger partial charge is 0.330 e. The highest BCUT2D eigenvalue weighted by atomic mass is 16.6. The highest BCUT2D eigenvalue weighted by Gasteiger charge is 2.43. The Morgan fingerprint density at radius 2 is 1.93 bits per heavy atom. The fourth-order valence-electron chi connectivity index (χ4n) is 3.24. The van der Waals surface area contributed by atoms with Crippen LogP contribution in [0.4, 0.5) is 0 Å². The number of hydrogen-bond acceptors (Lipinski definition) is 7. The summed E-state index contributed by atoms with van der Waals surface area (Å²) >= 11 is 0. The quantitative estimate of drug-likeness (QED) is 0.513. The zero-order valence-electron chi connectivity index (χ0n) is 15.4. The Morgan fingerprint density at radius 1 is 1.21 bits per heavy atom. The van der Waals surface area contributed by atoms with Crippen LogP contribution in [0.2, 0.25) is 0 Å². The van der Waals surface area contributed by atoms with Gasteiger partial charge in [-0.05, 0) is 12.0 Å². The van der Waals surface area contributed by atoms with Gasteiger partial charge < -0.3 is 24.8 Å². The summed E-state index contributed by atoms with van der Waals surface area (Å²) in [4.78, 5) is 26.5. The van der Waals surface area contributed by atoms with E-state index in [1.165, 1.54) is 6.20 Å². The number of benzene rings is 1. The van der Waals surface area contributed by atoms with Gasteiger partial charge in [0.05, 0.1) is 24.9 Å². The molecule has 0 saturated carbocycles. The van der Waals surface area contributed by atoms with Gasteiger partial charge in [0, 0.05) is 6.20 Å². The Morgan fingerprint density at radius 3 is 2.54 bits per heavy atom. The Hall–Kier alpha value is -2.30. The van der Waals surface area contributed by atoms with Gasteiger partial charge in [0.15, 0.2) is 6.23 Å². The van der Waals surface area contributed by atoms with Crippen LogP contribution in [0, 0.1) is 0 Å². The molecule has 1 aromatic carbocycles. The second-order valence-corrected chi connectivity index (χ2v) is 6.67. The van der Waals surface area contributed by atoms with Crippen molar-refractivity contribution in [2.24, 2.45) is 0 Å². The van der Waals surface area contributed by atoms with Crippen molar-refractivity contribution in [2.75, 3.05) is 6.61 Å². The van der Waals surface area contributed by atoms with Crippen molar-refractivity contribution >= 4 is 0 Å². The largest absolute Gasteiger partial charge is 0.394 e. The van der Waals surface area contributed by atoms with Gasteiger partial charge in [0.25, 0.3) is 5.56 Å². The van der Waals surface area contributed by atoms with E-state index in [1.54, 1.807) is 0 Å². The van der Waals surface area contributed by atoms with Gasteiger partial charge in [-0.1, -0.05) is 37.3 Å². The van der Waals surface area contributed by atoms with Crippen LogP contribution in [0.5, 0.6) is 0 Å². The molecule has 4 N–H and O–H groups in total. The van der Waals surface area contributed by atoms with Crippen LogP contribution in [0.1, 0.15) is 36.8 Å². The van der Waals surface area contributed by atoms with Gasteiger partial charge in [0.2, 0.25) is 0 Å². The van der Waals surface area contributed by atoms with Crippen LogP contribution in [-0.2, 0) is 16.1 Å². The lowest BCUT2D eigenvalue weighted by molar-refractivity contribution is -0.0554. The standard InChI is InChI=1S/C19H24N2O7/c1-2-13(11-6-4-3-5-7-11)27-10-12-8-21(19(26)20-17(12)25)18-16(24)15(23)14(9-22)28-18/h3-8,13-16,18,22-24H,2,9-10H2,1H3,(H,20,25,26)/t13?,14-,15-,16-,18+/m1/s1. The molecule has 1 unspecified atom stereocenters. The molecule has 0 bridgehead atoms. The molecule has 28 heavy (non-hydrogen) atoms. The average molecular weight is 392 g/mol. The second-order valence-electron chi connectivity index (χ2n) is 6.67. The highest BCUT2D eigenvalue weighted by molar-refractivity contribution is 5.17. The van der Waals surface area contributed by atoms with Gasteiger partial charge in [-0.2, -0.15) is 0 Å². The lowest BCUT2D eigenvalue weighted by Crippen LogP contribution is -2.39. The molecule has 9 nitrogen and oxygen atoms in total. The first-order chi connectivity index (χ1) is 13.5. The molecule has 152 valence electrons. The molecule has 0 spiro atoms. The number of nitrogens with one attached hydrogen (secondary N) is 1. The monoisotopic (exact) mass is 392 g/mol. The van der Waals surface area contributed by atoms with Gasteiger partial charge in [-0.25, -0.2) is 4.79 Å². The number of hydrogen-bond donors (Lipinski definition) is 4. The van der Waals surface area contributed by atoms with Crippen molar-refractivity contribution in [1.29, 1.82) is 0 Å².